The zero-order chi connectivity index (χ0) is 27.4. The maximum Gasteiger partial charge on any atom is 0.408 e. The normalized spacial score (nSPS) is 11.9. The van der Waals surface area contributed by atoms with Gasteiger partial charge in [0.25, 0.3) is 0 Å². The Balaban J connectivity index is 1.61. The zero-order valence-corrected chi connectivity index (χ0v) is 23.6. The van der Waals surface area contributed by atoms with Crippen molar-refractivity contribution in [2.24, 2.45) is 0 Å². The van der Waals surface area contributed by atoms with Crippen molar-refractivity contribution >= 4 is 40.8 Å². The SMILES string of the molecule is CC(C)(C)OC(=O)N[C@@H](CCCNC(=O)OCc1ccccc1)C(=O)N(Cc1cccs1)Cc1cccs1. The Hall–Kier alpha value is -3.37. The van der Waals surface area contributed by atoms with E-state index in [1.54, 1.807) is 48.3 Å². The van der Waals surface area contributed by atoms with Gasteiger partial charge in [0.2, 0.25) is 5.91 Å². The molecule has 38 heavy (non-hydrogen) atoms. The molecule has 0 saturated heterocycles. The molecule has 10 heteroatoms. The lowest BCUT2D eigenvalue weighted by molar-refractivity contribution is -0.134. The number of benzene rings is 1. The van der Waals surface area contributed by atoms with Crippen LogP contribution in [-0.2, 0) is 34.0 Å². The van der Waals surface area contributed by atoms with Gasteiger partial charge in [-0.2, -0.15) is 0 Å². The highest BCUT2D eigenvalue weighted by Gasteiger charge is 2.28. The Morgan fingerprint density at radius 3 is 2.08 bits per heavy atom. The van der Waals surface area contributed by atoms with E-state index in [1.165, 1.54) is 0 Å². The van der Waals surface area contributed by atoms with Crippen molar-refractivity contribution in [2.45, 2.75) is 65.0 Å². The number of nitrogens with zero attached hydrogens (tertiary/aromatic N) is 1. The molecule has 0 aliphatic rings. The molecule has 2 aromatic heterocycles. The fourth-order valence-electron chi connectivity index (χ4n) is 3.59. The standard InChI is InChI=1S/C28H35N3O5S2/c1-28(2,3)36-27(34)30-24(14-7-15-29-26(33)35-20-21-10-5-4-6-11-21)25(32)31(18-22-12-8-16-37-22)19-23-13-9-17-38-23/h4-6,8-13,16-17,24H,7,14-15,18-20H2,1-3H3,(H,29,33)(H,30,34)/t24-/m0/s1. The van der Waals surface area contributed by atoms with Crippen molar-refractivity contribution in [3.8, 4) is 0 Å². The lowest BCUT2D eigenvalue weighted by atomic mass is 10.1. The van der Waals surface area contributed by atoms with Crippen LogP contribution in [-0.4, -0.2) is 41.2 Å². The lowest BCUT2D eigenvalue weighted by Crippen LogP contribution is -2.49. The maximum atomic E-state index is 13.7. The number of carbonyl (C=O) groups is 3. The van der Waals surface area contributed by atoms with E-state index in [-0.39, 0.29) is 12.5 Å². The predicted octanol–water partition coefficient (Wildman–Crippen LogP) is 5.94. The summed E-state index contributed by atoms with van der Waals surface area (Å²) >= 11 is 3.16. The molecule has 204 valence electrons. The molecule has 8 nitrogen and oxygen atoms in total. The van der Waals surface area contributed by atoms with Gasteiger partial charge < -0.3 is 25.0 Å². The summed E-state index contributed by atoms with van der Waals surface area (Å²) in [6, 6.07) is 16.5. The van der Waals surface area contributed by atoms with Gasteiger partial charge >= 0.3 is 12.2 Å². The molecular formula is C28H35N3O5S2. The minimum atomic E-state index is -0.813. The first-order valence-electron chi connectivity index (χ1n) is 12.5. The highest BCUT2D eigenvalue weighted by atomic mass is 32.1. The quantitative estimate of drug-likeness (QED) is 0.269. The first-order valence-corrected chi connectivity index (χ1v) is 14.2. The number of ether oxygens (including phenoxy) is 2. The molecule has 1 atom stereocenters. The third kappa shape index (κ3) is 10.5. The van der Waals surface area contributed by atoms with Crippen LogP contribution < -0.4 is 10.6 Å². The van der Waals surface area contributed by atoms with Gasteiger partial charge in [-0.05, 0) is 62.1 Å². The van der Waals surface area contributed by atoms with Gasteiger partial charge in [0.15, 0.2) is 0 Å². The van der Waals surface area contributed by atoms with Crippen LogP contribution in [0.4, 0.5) is 9.59 Å². The Morgan fingerprint density at radius 1 is 0.895 bits per heavy atom. The monoisotopic (exact) mass is 557 g/mol. The second kappa shape index (κ2) is 14.5. The van der Waals surface area contributed by atoms with E-state index in [0.717, 1.165) is 15.3 Å². The molecule has 2 N–H and O–H groups in total. The average molecular weight is 558 g/mol. The van der Waals surface area contributed by atoms with E-state index in [2.05, 4.69) is 10.6 Å². The number of thiophene rings is 2. The predicted molar refractivity (Wildman–Crippen MR) is 150 cm³/mol. The summed E-state index contributed by atoms with van der Waals surface area (Å²) in [6.45, 7) is 6.66. The summed E-state index contributed by atoms with van der Waals surface area (Å²) in [4.78, 5) is 42.3. The average Bonchev–Trinajstić information content (AvgIpc) is 3.58. The molecule has 0 bridgehead atoms. The molecule has 3 amide bonds. The van der Waals surface area contributed by atoms with E-state index in [9.17, 15) is 14.4 Å². The van der Waals surface area contributed by atoms with Crippen LogP contribution in [0.5, 0.6) is 0 Å². The molecule has 0 aliphatic heterocycles. The molecule has 0 radical (unpaired) electrons. The third-order valence-corrected chi connectivity index (χ3v) is 7.03. The Morgan fingerprint density at radius 2 is 1.53 bits per heavy atom. The number of carbonyl (C=O) groups excluding carboxylic acids is 3. The fraction of sp³-hybridized carbons (Fsp3) is 0.393. The Bertz CT molecular complexity index is 1090. The van der Waals surface area contributed by atoms with Crippen molar-refractivity contribution in [3.05, 3.63) is 80.7 Å². The topological polar surface area (TPSA) is 97.0 Å². The van der Waals surface area contributed by atoms with Gasteiger partial charge in [-0.25, -0.2) is 9.59 Å². The first kappa shape index (κ1) is 29.2. The zero-order valence-electron chi connectivity index (χ0n) is 22.0. The molecule has 0 saturated carbocycles. The third-order valence-electron chi connectivity index (χ3n) is 5.31. The number of rotatable bonds is 12. The minimum Gasteiger partial charge on any atom is -0.445 e. The van der Waals surface area contributed by atoms with E-state index >= 15 is 0 Å². The Kier molecular flexibility index (Phi) is 11.2. The van der Waals surface area contributed by atoms with Crippen molar-refractivity contribution < 1.29 is 23.9 Å². The largest absolute Gasteiger partial charge is 0.445 e. The summed E-state index contributed by atoms with van der Waals surface area (Å²) in [5.74, 6) is -0.204. The number of hydrogen-bond acceptors (Lipinski definition) is 7. The number of hydrogen-bond donors (Lipinski definition) is 2. The van der Waals surface area contributed by atoms with Crippen molar-refractivity contribution in [2.75, 3.05) is 6.54 Å². The second-order valence-electron chi connectivity index (χ2n) is 9.68. The smallest absolute Gasteiger partial charge is 0.408 e. The summed E-state index contributed by atoms with van der Waals surface area (Å²) in [5, 5.41) is 9.42. The molecule has 2 heterocycles. The van der Waals surface area contributed by atoms with Gasteiger partial charge in [0.05, 0.1) is 13.1 Å². The molecule has 0 fully saturated rings. The van der Waals surface area contributed by atoms with E-state index in [1.807, 2.05) is 65.4 Å². The van der Waals surface area contributed by atoms with Gasteiger partial charge in [-0.1, -0.05) is 42.5 Å². The second-order valence-corrected chi connectivity index (χ2v) is 11.7. The van der Waals surface area contributed by atoms with Crippen LogP contribution in [0.1, 0.15) is 48.9 Å². The Labute approximate surface area is 232 Å². The van der Waals surface area contributed by atoms with E-state index in [0.29, 0.717) is 32.5 Å². The van der Waals surface area contributed by atoms with Crippen molar-refractivity contribution in [3.63, 3.8) is 0 Å². The maximum absolute atomic E-state index is 13.7. The van der Waals surface area contributed by atoms with Crippen LogP contribution >= 0.6 is 22.7 Å². The summed E-state index contributed by atoms with van der Waals surface area (Å²) in [6.07, 6.45) is -0.409. The van der Waals surface area contributed by atoms with Gasteiger partial charge in [-0.15, -0.1) is 22.7 Å². The number of alkyl carbamates (subject to hydrolysis) is 2. The number of amides is 3. The van der Waals surface area contributed by atoms with Gasteiger partial charge in [0.1, 0.15) is 18.2 Å². The van der Waals surface area contributed by atoms with Crippen molar-refractivity contribution in [1.82, 2.24) is 15.5 Å². The highest BCUT2D eigenvalue weighted by Crippen LogP contribution is 2.19. The van der Waals surface area contributed by atoms with Crippen LogP contribution in [0.3, 0.4) is 0 Å². The van der Waals surface area contributed by atoms with Crippen molar-refractivity contribution in [1.29, 1.82) is 0 Å². The van der Waals surface area contributed by atoms with Gasteiger partial charge in [-0.3, -0.25) is 4.79 Å². The molecule has 3 aromatic rings. The molecule has 1 aromatic carbocycles. The molecular weight excluding hydrogens is 522 g/mol. The number of nitrogens with one attached hydrogen (secondary N) is 2. The highest BCUT2D eigenvalue weighted by molar-refractivity contribution is 7.10. The van der Waals surface area contributed by atoms with Gasteiger partial charge in [0, 0.05) is 16.3 Å². The van der Waals surface area contributed by atoms with Crippen LogP contribution in [0.15, 0.2) is 65.4 Å². The molecule has 0 spiro atoms. The van der Waals surface area contributed by atoms with Crippen LogP contribution in [0.2, 0.25) is 0 Å². The minimum absolute atomic E-state index is 0.175. The van der Waals surface area contributed by atoms with E-state index in [4.69, 9.17) is 9.47 Å². The lowest BCUT2D eigenvalue weighted by Gasteiger charge is -2.28. The molecule has 0 unspecified atom stereocenters. The molecule has 3 rings (SSSR count). The first-order chi connectivity index (χ1) is 18.2. The molecule has 0 aliphatic carbocycles. The van der Waals surface area contributed by atoms with E-state index < -0.39 is 23.8 Å². The summed E-state index contributed by atoms with van der Waals surface area (Å²) in [5.41, 5.74) is 0.196. The van der Waals surface area contributed by atoms with Crippen LogP contribution in [0, 0.1) is 0 Å². The summed E-state index contributed by atoms with van der Waals surface area (Å²) < 4.78 is 10.7. The fourth-order valence-corrected chi connectivity index (χ4v) is 5.03. The van der Waals surface area contributed by atoms with Crippen LogP contribution in [0.25, 0.3) is 0 Å². The summed E-state index contributed by atoms with van der Waals surface area (Å²) in [7, 11) is 0.